The number of thiazole rings is 1. The number of halogens is 2. The average Bonchev–Trinajstić information content (AvgIpc) is 3.20. The highest BCUT2D eigenvalue weighted by Crippen LogP contribution is 2.30. The first kappa shape index (κ1) is 17.2. The molecule has 3 rings (SSSR count). The third-order valence-electron chi connectivity index (χ3n) is 3.11. The fraction of sp³-hybridized carbons (Fsp3) is 0.0588. The van der Waals surface area contributed by atoms with Gasteiger partial charge in [0.05, 0.1) is 23.5 Å². The van der Waals surface area contributed by atoms with Crippen LogP contribution >= 0.6 is 45.9 Å². The van der Waals surface area contributed by atoms with Crippen LogP contribution in [0.1, 0.15) is 5.56 Å². The summed E-state index contributed by atoms with van der Waals surface area (Å²) in [4.78, 5) is 5.28. The predicted molar refractivity (Wildman–Crippen MR) is 106 cm³/mol. The van der Waals surface area contributed by atoms with E-state index in [0.717, 1.165) is 21.6 Å². The molecule has 0 bridgehead atoms. The van der Waals surface area contributed by atoms with Crippen molar-refractivity contribution in [3.05, 3.63) is 73.5 Å². The van der Waals surface area contributed by atoms with Gasteiger partial charge in [0.2, 0.25) is 4.80 Å². The van der Waals surface area contributed by atoms with Crippen molar-refractivity contribution >= 4 is 52.1 Å². The monoisotopic (exact) mass is 393 g/mol. The summed E-state index contributed by atoms with van der Waals surface area (Å²) in [5.41, 5.74) is 2.78. The summed E-state index contributed by atoms with van der Waals surface area (Å²) in [6.07, 6.45) is 3.56. The lowest BCUT2D eigenvalue weighted by atomic mass is 10.2. The lowest BCUT2D eigenvalue weighted by molar-refractivity contribution is 0.840. The molecule has 0 aliphatic heterocycles. The van der Waals surface area contributed by atoms with Crippen LogP contribution in [0.15, 0.2) is 63.2 Å². The van der Waals surface area contributed by atoms with Gasteiger partial charge in [0.1, 0.15) is 0 Å². The van der Waals surface area contributed by atoms with Gasteiger partial charge in [-0.2, -0.15) is 16.4 Å². The predicted octanol–water partition coefficient (Wildman–Crippen LogP) is 5.55. The van der Waals surface area contributed by atoms with Crippen LogP contribution in [0.2, 0.25) is 10.0 Å². The van der Waals surface area contributed by atoms with Gasteiger partial charge >= 0.3 is 0 Å². The van der Waals surface area contributed by atoms with Crippen LogP contribution in [-0.2, 0) is 0 Å². The Bertz CT molecular complexity index is 937. The number of hydrogen-bond donors (Lipinski definition) is 0. The molecular formula is C17H13Cl2N3S2. The highest BCUT2D eigenvalue weighted by Gasteiger charge is 2.11. The lowest BCUT2D eigenvalue weighted by Gasteiger charge is -2.06. The smallest absolute Gasteiger partial charge is 0.206 e. The van der Waals surface area contributed by atoms with Crippen molar-refractivity contribution in [1.82, 2.24) is 4.68 Å². The Hall–Kier alpha value is -1.66. The Morgan fingerprint density at radius 2 is 2.08 bits per heavy atom. The van der Waals surface area contributed by atoms with Crippen molar-refractivity contribution in [1.29, 1.82) is 0 Å². The molecule has 0 N–H and O–H groups in total. The summed E-state index contributed by atoms with van der Waals surface area (Å²) in [6, 6.07) is 7.44. The van der Waals surface area contributed by atoms with Gasteiger partial charge in [0.25, 0.3) is 0 Å². The molecule has 0 fully saturated rings. The Balaban J connectivity index is 2.12. The largest absolute Gasteiger partial charge is 0.253 e. The highest BCUT2D eigenvalue weighted by molar-refractivity contribution is 7.08. The highest BCUT2D eigenvalue weighted by atomic mass is 35.5. The quantitative estimate of drug-likeness (QED) is 0.401. The molecule has 0 aliphatic rings. The molecule has 2 heterocycles. The van der Waals surface area contributed by atoms with Crippen molar-refractivity contribution < 1.29 is 0 Å². The van der Waals surface area contributed by atoms with Crippen LogP contribution in [0.5, 0.6) is 0 Å². The van der Waals surface area contributed by atoms with Gasteiger partial charge in [-0.05, 0) is 35.0 Å². The molecule has 2 aromatic heterocycles. The van der Waals surface area contributed by atoms with Crippen molar-refractivity contribution in [2.75, 3.05) is 6.54 Å². The summed E-state index contributed by atoms with van der Waals surface area (Å²) in [7, 11) is 0. The lowest BCUT2D eigenvalue weighted by Crippen LogP contribution is -2.12. The molecule has 122 valence electrons. The van der Waals surface area contributed by atoms with Gasteiger partial charge in [-0.1, -0.05) is 29.3 Å². The number of benzene rings is 1. The van der Waals surface area contributed by atoms with Crippen LogP contribution in [0.3, 0.4) is 0 Å². The van der Waals surface area contributed by atoms with E-state index in [1.807, 2.05) is 40.6 Å². The van der Waals surface area contributed by atoms with Gasteiger partial charge in [-0.3, -0.25) is 4.99 Å². The molecule has 0 amide bonds. The van der Waals surface area contributed by atoms with Gasteiger partial charge in [-0.15, -0.1) is 17.9 Å². The van der Waals surface area contributed by atoms with E-state index in [1.165, 1.54) is 11.3 Å². The Kier molecular flexibility index (Phi) is 5.68. The van der Waals surface area contributed by atoms with Crippen molar-refractivity contribution in [2.24, 2.45) is 10.1 Å². The number of hydrogen-bond acceptors (Lipinski definition) is 4. The van der Waals surface area contributed by atoms with Gasteiger partial charge < -0.3 is 0 Å². The van der Waals surface area contributed by atoms with Crippen LogP contribution in [-0.4, -0.2) is 17.4 Å². The first-order valence-corrected chi connectivity index (χ1v) is 9.61. The van der Waals surface area contributed by atoms with E-state index < -0.39 is 0 Å². The van der Waals surface area contributed by atoms with E-state index in [9.17, 15) is 0 Å². The van der Waals surface area contributed by atoms with Crippen molar-refractivity contribution in [2.45, 2.75) is 0 Å². The zero-order chi connectivity index (χ0) is 16.9. The summed E-state index contributed by atoms with van der Waals surface area (Å²) < 4.78 is 1.79. The van der Waals surface area contributed by atoms with E-state index in [0.29, 0.717) is 16.6 Å². The van der Waals surface area contributed by atoms with Gasteiger partial charge in [-0.25, -0.2) is 4.68 Å². The third-order valence-corrected chi connectivity index (χ3v) is 5.22. The molecular weight excluding hydrogens is 381 g/mol. The number of rotatable bonds is 5. The van der Waals surface area contributed by atoms with E-state index in [4.69, 9.17) is 23.2 Å². The van der Waals surface area contributed by atoms with Gasteiger partial charge in [0, 0.05) is 21.5 Å². The minimum atomic E-state index is 0.530. The van der Waals surface area contributed by atoms with E-state index in [2.05, 4.69) is 16.7 Å². The summed E-state index contributed by atoms with van der Waals surface area (Å²) in [5.74, 6) is 0. The molecule has 0 atom stereocenters. The molecule has 3 nitrogen and oxygen atoms in total. The fourth-order valence-corrected chi connectivity index (χ4v) is 3.97. The summed E-state index contributed by atoms with van der Waals surface area (Å²) in [5, 5.41) is 11.8. The Morgan fingerprint density at radius 3 is 2.79 bits per heavy atom. The number of thiophene rings is 1. The number of aromatic nitrogens is 1. The van der Waals surface area contributed by atoms with Crippen molar-refractivity contribution in [3.63, 3.8) is 0 Å². The van der Waals surface area contributed by atoms with Crippen molar-refractivity contribution in [3.8, 4) is 11.3 Å². The Morgan fingerprint density at radius 1 is 1.21 bits per heavy atom. The normalized spacial score (nSPS) is 12.2. The molecule has 3 aromatic rings. The maximum Gasteiger partial charge on any atom is 0.206 e. The third kappa shape index (κ3) is 3.87. The molecule has 0 radical (unpaired) electrons. The van der Waals surface area contributed by atoms with Crippen LogP contribution in [0, 0.1) is 0 Å². The molecule has 7 heteroatoms. The minimum absolute atomic E-state index is 0.530. The first-order valence-electron chi connectivity index (χ1n) is 7.03. The standard InChI is InChI=1S/C17H13Cl2N3S2/c1-2-6-20-17-22(21-9-12-5-7-23-10-12)16(11-24-17)14-4-3-13(18)8-15(14)19/h2-5,7-11H,1,6H2. The fourth-order valence-electron chi connectivity index (χ4n) is 2.02. The molecule has 0 aliphatic carbocycles. The Labute approximate surface area is 157 Å². The topological polar surface area (TPSA) is 29.6 Å². The molecule has 0 unspecified atom stereocenters. The second-order valence-electron chi connectivity index (χ2n) is 4.77. The molecule has 0 saturated heterocycles. The zero-order valence-electron chi connectivity index (χ0n) is 12.5. The van der Waals surface area contributed by atoms with Crippen LogP contribution in [0.25, 0.3) is 11.3 Å². The average molecular weight is 394 g/mol. The molecule has 24 heavy (non-hydrogen) atoms. The molecule has 1 aromatic carbocycles. The zero-order valence-corrected chi connectivity index (χ0v) is 15.7. The summed E-state index contributed by atoms with van der Waals surface area (Å²) in [6.45, 7) is 4.24. The number of nitrogens with zero attached hydrogens (tertiary/aromatic N) is 3. The van der Waals surface area contributed by atoms with Crippen LogP contribution in [0.4, 0.5) is 0 Å². The van der Waals surface area contributed by atoms with E-state index >= 15 is 0 Å². The SMILES string of the molecule is C=CCN=c1scc(-c2ccc(Cl)cc2Cl)n1N=Cc1ccsc1. The second kappa shape index (κ2) is 7.94. The summed E-state index contributed by atoms with van der Waals surface area (Å²) >= 11 is 15.5. The maximum absolute atomic E-state index is 6.36. The first-order chi connectivity index (χ1) is 11.7. The van der Waals surface area contributed by atoms with E-state index in [1.54, 1.807) is 28.2 Å². The van der Waals surface area contributed by atoms with E-state index in [-0.39, 0.29) is 0 Å². The molecule has 0 spiro atoms. The van der Waals surface area contributed by atoms with Crippen LogP contribution < -0.4 is 4.80 Å². The minimum Gasteiger partial charge on any atom is -0.253 e. The maximum atomic E-state index is 6.36. The van der Waals surface area contributed by atoms with Gasteiger partial charge in [0.15, 0.2) is 0 Å². The molecule has 0 saturated carbocycles. The second-order valence-corrected chi connectivity index (χ2v) is 7.23.